The average molecular weight is 527 g/mol. The molecule has 0 radical (unpaired) electrons. The number of hydrogen-bond acceptors (Lipinski definition) is 7. The summed E-state index contributed by atoms with van der Waals surface area (Å²) >= 11 is 1.05. The second-order valence-electron chi connectivity index (χ2n) is 7.91. The lowest BCUT2D eigenvalue weighted by Gasteiger charge is -2.13. The van der Waals surface area contributed by atoms with Crippen molar-refractivity contribution in [3.05, 3.63) is 70.8 Å². The number of halogens is 2. The Morgan fingerprint density at radius 1 is 0.919 bits per heavy atom. The van der Waals surface area contributed by atoms with E-state index in [1.54, 1.807) is 21.3 Å². The predicted molar refractivity (Wildman–Crippen MR) is 140 cm³/mol. The van der Waals surface area contributed by atoms with E-state index in [1.807, 2.05) is 49.4 Å². The van der Waals surface area contributed by atoms with Crippen LogP contribution in [0.2, 0.25) is 0 Å². The molecule has 4 aromatic rings. The molecule has 0 aliphatic heterocycles. The number of nitrogens with zero attached hydrogens (tertiary/aromatic N) is 1. The first-order chi connectivity index (χ1) is 17.8. The van der Waals surface area contributed by atoms with E-state index in [9.17, 15) is 13.6 Å². The highest BCUT2D eigenvalue weighted by Gasteiger charge is 2.14. The van der Waals surface area contributed by atoms with Crippen molar-refractivity contribution in [3.8, 4) is 23.0 Å². The molecule has 0 atom stereocenters. The Morgan fingerprint density at radius 3 is 2.24 bits per heavy atom. The Bertz CT molecular complexity index is 1420. The van der Waals surface area contributed by atoms with E-state index in [0.29, 0.717) is 27.7 Å². The summed E-state index contributed by atoms with van der Waals surface area (Å²) in [6, 6.07) is 11.3. The molecule has 0 aliphatic carbocycles. The number of carbonyl (C=O) groups excluding carboxylic acids is 1. The molecule has 0 unspecified atom stereocenters. The van der Waals surface area contributed by atoms with Gasteiger partial charge >= 0.3 is 0 Å². The van der Waals surface area contributed by atoms with Crippen LogP contribution >= 0.6 is 11.3 Å². The van der Waals surface area contributed by atoms with Crippen molar-refractivity contribution in [2.75, 3.05) is 33.3 Å². The fraction of sp³-hybridized carbons (Fsp3) is 0.185. The maximum Gasteiger partial charge on any atom is 0.264 e. The summed E-state index contributed by atoms with van der Waals surface area (Å²) in [5.74, 6) is -0.265. The summed E-state index contributed by atoms with van der Waals surface area (Å²) in [5, 5.41) is 2.83. The van der Waals surface area contributed by atoms with E-state index in [-0.39, 0.29) is 17.3 Å². The summed E-state index contributed by atoms with van der Waals surface area (Å²) < 4.78 is 49.1. The summed E-state index contributed by atoms with van der Waals surface area (Å²) in [6.45, 7) is 1.61. The van der Waals surface area contributed by atoms with Crippen LogP contribution in [0.15, 0.2) is 42.5 Å². The van der Waals surface area contributed by atoms with Crippen molar-refractivity contribution in [1.82, 2.24) is 4.98 Å². The molecule has 10 heteroatoms. The van der Waals surface area contributed by atoms with Crippen LogP contribution in [0.5, 0.6) is 23.0 Å². The smallest absolute Gasteiger partial charge is 0.264 e. The first-order valence-corrected chi connectivity index (χ1v) is 11.9. The van der Waals surface area contributed by atoms with Crippen LogP contribution in [0, 0.1) is 18.6 Å². The maximum absolute atomic E-state index is 13.4. The number of nitrogens with one attached hydrogen (secondary N) is 1. The molecular formula is C27H24F2N2O5S. The molecule has 1 amide bonds. The lowest BCUT2D eigenvalue weighted by Crippen LogP contribution is -2.20. The number of hydrogen-bond donors (Lipinski definition) is 1. The van der Waals surface area contributed by atoms with Crippen LogP contribution in [0.25, 0.3) is 22.4 Å². The van der Waals surface area contributed by atoms with Gasteiger partial charge in [0.1, 0.15) is 5.75 Å². The van der Waals surface area contributed by atoms with E-state index in [4.69, 9.17) is 18.9 Å². The molecule has 0 fully saturated rings. The number of aryl methyl sites for hydroxylation is 1. The van der Waals surface area contributed by atoms with Gasteiger partial charge in [0.05, 0.1) is 31.5 Å². The highest BCUT2D eigenvalue weighted by molar-refractivity contribution is 7.22. The summed E-state index contributed by atoms with van der Waals surface area (Å²) in [5.41, 5.74) is 2.81. The minimum Gasteiger partial charge on any atom is -0.493 e. The summed E-state index contributed by atoms with van der Waals surface area (Å²) in [6.07, 6.45) is 3.79. The summed E-state index contributed by atoms with van der Waals surface area (Å²) in [7, 11) is 4.66. The molecule has 4 rings (SSSR count). The average Bonchev–Trinajstić information content (AvgIpc) is 3.27. The first-order valence-electron chi connectivity index (χ1n) is 11.1. The van der Waals surface area contributed by atoms with E-state index >= 15 is 0 Å². The fourth-order valence-corrected chi connectivity index (χ4v) is 4.43. The molecule has 192 valence electrons. The van der Waals surface area contributed by atoms with Crippen molar-refractivity contribution in [1.29, 1.82) is 0 Å². The lowest BCUT2D eigenvalue weighted by molar-refractivity contribution is -0.118. The van der Waals surface area contributed by atoms with Crippen LogP contribution in [0.1, 0.15) is 16.7 Å². The Morgan fingerprint density at radius 2 is 1.57 bits per heavy atom. The molecule has 7 nitrogen and oxygen atoms in total. The zero-order valence-corrected chi connectivity index (χ0v) is 21.4. The Kier molecular flexibility index (Phi) is 7.88. The monoisotopic (exact) mass is 526 g/mol. The Balaban J connectivity index is 1.44. The van der Waals surface area contributed by atoms with Gasteiger partial charge in [-0.25, -0.2) is 13.8 Å². The molecule has 0 saturated heterocycles. The van der Waals surface area contributed by atoms with Gasteiger partial charge in [0.2, 0.25) is 5.75 Å². The van der Waals surface area contributed by atoms with Crippen molar-refractivity contribution in [3.63, 3.8) is 0 Å². The van der Waals surface area contributed by atoms with E-state index < -0.39 is 17.5 Å². The van der Waals surface area contributed by atoms with Gasteiger partial charge in [0, 0.05) is 6.07 Å². The molecule has 0 aliphatic rings. The fourth-order valence-electron chi connectivity index (χ4n) is 3.54. The molecule has 0 saturated carbocycles. The minimum absolute atomic E-state index is 0.229. The molecule has 37 heavy (non-hydrogen) atoms. The van der Waals surface area contributed by atoms with Crippen LogP contribution in [-0.2, 0) is 4.79 Å². The topological polar surface area (TPSA) is 78.9 Å². The highest BCUT2D eigenvalue weighted by atomic mass is 32.1. The van der Waals surface area contributed by atoms with Gasteiger partial charge in [-0.2, -0.15) is 0 Å². The molecule has 3 aromatic carbocycles. The number of ether oxygens (including phenoxy) is 4. The van der Waals surface area contributed by atoms with Gasteiger partial charge in [-0.15, -0.1) is 0 Å². The molecular weight excluding hydrogens is 502 g/mol. The third kappa shape index (κ3) is 5.97. The molecule has 1 heterocycles. The van der Waals surface area contributed by atoms with Gasteiger partial charge < -0.3 is 18.9 Å². The normalized spacial score (nSPS) is 11.1. The zero-order chi connectivity index (χ0) is 26.5. The van der Waals surface area contributed by atoms with Gasteiger partial charge in [-0.3, -0.25) is 10.1 Å². The maximum atomic E-state index is 13.4. The van der Waals surface area contributed by atoms with Gasteiger partial charge in [0.15, 0.2) is 34.9 Å². The Labute approximate surface area is 216 Å². The number of methoxy groups -OCH3 is 3. The van der Waals surface area contributed by atoms with Crippen LogP contribution in [-0.4, -0.2) is 38.8 Å². The molecule has 0 spiro atoms. The van der Waals surface area contributed by atoms with E-state index in [1.165, 1.54) is 0 Å². The third-order valence-electron chi connectivity index (χ3n) is 5.40. The van der Waals surface area contributed by atoms with E-state index in [2.05, 4.69) is 10.3 Å². The number of rotatable bonds is 9. The second kappa shape index (κ2) is 11.3. The van der Waals surface area contributed by atoms with Crippen molar-refractivity contribution >= 4 is 44.7 Å². The SMILES string of the molecule is COc1cc(/C=C\c2ccc(C)c(OCC(=O)Nc3nc4cc(F)c(F)cc4s3)c2)cc(OC)c1OC. The molecule has 1 aromatic heterocycles. The molecule has 0 bridgehead atoms. The number of carbonyl (C=O) groups is 1. The van der Waals surface area contributed by atoms with Crippen molar-refractivity contribution in [2.24, 2.45) is 0 Å². The Hall–Kier alpha value is -4.18. The first kappa shape index (κ1) is 25.9. The number of amides is 1. The van der Waals surface area contributed by atoms with Crippen LogP contribution in [0.4, 0.5) is 13.9 Å². The number of aromatic nitrogens is 1. The molecule has 1 N–H and O–H groups in total. The van der Waals surface area contributed by atoms with E-state index in [0.717, 1.165) is 40.2 Å². The standard InChI is InChI=1S/C27H24F2N2O5S/c1-15-5-6-16(7-8-17-10-22(33-2)26(35-4)23(11-17)34-3)9-21(15)36-14-25(32)31-27-30-20-12-18(28)19(29)13-24(20)37-27/h5-13H,14H2,1-4H3,(H,30,31,32)/b8-7-. The highest BCUT2D eigenvalue weighted by Crippen LogP contribution is 2.38. The number of thiazole rings is 1. The van der Waals surface area contributed by atoms with Gasteiger partial charge in [-0.05, 0) is 47.9 Å². The predicted octanol–water partition coefficient (Wildman–Crippen LogP) is 6.10. The van der Waals surface area contributed by atoms with Gasteiger partial charge in [-0.1, -0.05) is 35.6 Å². The van der Waals surface area contributed by atoms with Crippen LogP contribution in [0.3, 0.4) is 0 Å². The zero-order valence-electron chi connectivity index (χ0n) is 20.6. The number of anilines is 1. The van der Waals surface area contributed by atoms with Crippen LogP contribution < -0.4 is 24.3 Å². The second-order valence-corrected chi connectivity index (χ2v) is 8.94. The minimum atomic E-state index is -0.992. The van der Waals surface area contributed by atoms with Crippen molar-refractivity contribution < 1.29 is 32.5 Å². The van der Waals surface area contributed by atoms with Crippen molar-refractivity contribution in [2.45, 2.75) is 6.92 Å². The lowest BCUT2D eigenvalue weighted by atomic mass is 10.1. The number of fused-ring (bicyclic) bond motifs is 1. The quantitative estimate of drug-likeness (QED) is 0.266. The van der Waals surface area contributed by atoms with Gasteiger partial charge in [0.25, 0.3) is 5.91 Å². The summed E-state index contributed by atoms with van der Waals surface area (Å²) in [4.78, 5) is 16.5. The third-order valence-corrected chi connectivity index (χ3v) is 6.34. The number of benzene rings is 3. The largest absolute Gasteiger partial charge is 0.493 e.